The van der Waals surface area contributed by atoms with Crippen LogP contribution < -0.4 is 4.74 Å². The molecule has 0 fully saturated rings. The van der Waals surface area contributed by atoms with E-state index in [2.05, 4.69) is 4.98 Å². The van der Waals surface area contributed by atoms with Crippen LogP contribution in [0.15, 0.2) is 12.4 Å². The van der Waals surface area contributed by atoms with Crippen molar-refractivity contribution < 1.29 is 9.13 Å². The second kappa shape index (κ2) is 2.64. The van der Waals surface area contributed by atoms with Gasteiger partial charge in [-0.25, -0.2) is 4.39 Å². The van der Waals surface area contributed by atoms with Crippen LogP contribution in [-0.4, -0.2) is 12.1 Å². The fraction of sp³-hybridized carbons (Fsp3) is 0.286. The summed E-state index contributed by atoms with van der Waals surface area (Å²) >= 11 is 0. The minimum Gasteiger partial charge on any atom is -0.493 e. The minimum atomic E-state index is -0.414. The van der Waals surface area contributed by atoms with Crippen LogP contribution in [0, 0.1) is 12.7 Å². The van der Waals surface area contributed by atoms with Crippen molar-refractivity contribution in [3.05, 3.63) is 23.8 Å². The Morgan fingerprint density at radius 3 is 2.60 bits per heavy atom. The molecule has 54 valence electrons. The van der Waals surface area contributed by atoms with Gasteiger partial charge in [-0.2, -0.15) is 0 Å². The molecule has 2 nitrogen and oxygen atoms in total. The highest BCUT2D eigenvalue weighted by atomic mass is 19.1. The second-order valence-electron chi connectivity index (χ2n) is 1.97. The molecule has 0 saturated carbocycles. The molecule has 0 aliphatic carbocycles. The molecule has 1 aromatic rings. The smallest absolute Gasteiger partial charge is 0.183 e. The molecular formula is C7H8FNO. The molecule has 1 aromatic heterocycles. The van der Waals surface area contributed by atoms with Crippen molar-refractivity contribution in [3.63, 3.8) is 0 Å². The summed E-state index contributed by atoms with van der Waals surface area (Å²) < 4.78 is 17.4. The quantitative estimate of drug-likeness (QED) is 0.591. The highest BCUT2D eigenvalue weighted by Gasteiger charge is 2.03. The van der Waals surface area contributed by atoms with Crippen LogP contribution in [0.3, 0.4) is 0 Å². The molecule has 0 bridgehead atoms. The molecule has 0 N–H and O–H groups in total. The number of hydrogen-bond donors (Lipinski definition) is 0. The first kappa shape index (κ1) is 6.99. The largest absolute Gasteiger partial charge is 0.493 e. The third kappa shape index (κ3) is 1.07. The standard InChI is InChI=1S/C7H8FNO/c1-5-3-9-4-6(8)7(5)10-2/h3-4H,1-2H3. The van der Waals surface area contributed by atoms with Gasteiger partial charge in [0.15, 0.2) is 11.6 Å². The van der Waals surface area contributed by atoms with E-state index in [1.165, 1.54) is 7.11 Å². The van der Waals surface area contributed by atoms with E-state index in [0.717, 1.165) is 6.20 Å². The van der Waals surface area contributed by atoms with Crippen molar-refractivity contribution >= 4 is 0 Å². The molecule has 0 amide bonds. The maximum Gasteiger partial charge on any atom is 0.183 e. The molecule has 0 atom stereocenters. The number of aryl methyl sites for hydroxylation is 1. The van der Waals surface area contributed by atoms with Crippen LogP contribution in [0.4, 0.5) is 4.39 Å². The molecule has 10 heavy (non-hydrogen) atoms. The van der Waals surface area contributed by atoms with E-state index < -0.39 is 5.82 Å². The van der Waals surface area contributed by atoms with Gasteiger partial charge in [0.1, 0.15) is 0 Å². The highest BCUT2D eigenvalue weighted by Crippen LogP contribution is 2.18. The van der Waals surface area contributed by atoms with E-state index in [0.29, 0.717) is 5.56 Å². The van der Waals surface area contributed by atoms with Crippen molar-refractivity contribution in [2.75, 3.05) is 7.11 Å². The summed E-state index contributed by atoms with van der Waals surface area (Å²) in [6.07, 6.45) is 2.69. The number of nitrogens with zero attached hydrogens (tertiary/aromatic N) is 1. The van der Waals surface area contributed by atoms with Crippen LogP contribution in [0.5, 0.6) is 5.75 Å². The molecule has 0 spiro atoms. The lowest BCUT2D eigenvalue weighted by molar-refractivity contribution is 0.382. The number of methoxy groups -OCH3 is 1. The Balaban J connectivity index is 3.17. The summed E-state index contributed by atoms with van der Waals surface area (Å²) in [6, 6.07) is 0. The Kier molecular flexibility index (Phi) is 1.85. The minimum absolute atomic E-state index is 0.273. The normalized spacial score (nSPS) is 9.50. The maximum atomic E-state index is 12.7. The predicted molar refractivity (Wildman–Crippen MR) is 35.5 cm³/mol. The van der Waals surface area contributed by atoms with E-state index in [1.54, 1.807) is 13.1 Å². The van der Waals surface area contributed by atoms with Crippen LogP contribution in [0.25, 0.3) is 0 Å². The van der Waals surface area contributed by atoms with Gasteiger partial charge in [0.2, 0.25) is 0 Å². The molecule has 0 aliphatic heterocycles. The summed E-state index contributed by atoms with van der Waals surface area (Å²) in [4.78, 5) is 3.64. The third-order valence-corrected chi connectivity index (χ3v) is 1.24. The first-order valence-electron chi connectivity index (χ1n) is 2.90. The lowest BCUT2D eigenvalue weighted by Gasteiger charge is -2.02. The Bertz CT molecular complexity index is 217. The van der Waals surface area contributed by atoms with Crippen LogP contribution in [0.2, 0.25) is 0 Å². The first-order chi connectivity index (χ1) is 4.75. The summed E-state index contributed by atoms with van der Waals surface area (Å²) in [5.74, 6) is -0.141. The zero-order chi connectivity index (χ0) is 7.56. The average Bonchev–Trinajstić information content (AvgIpc) is 1.88. The van der Waals surface area contributed by atoms with Gasteiger partial charge in [-0.15, -0.1) is 0 Å². The third-order valence-electron chi connectivity index (χ3n) is 1.24. The van der Waals surface area contributed by atoms with Gasteiger partial charge in [-0.1, -0.05) is 0 Å². The van der Waals surface area contributed by atoms with Gasteiger partial charge in [-0.3, -0.25) is 4.98 Å². The fourth-order valence-electron chi connectivity index (χ4n) is 0.779. The Hall–Kier alpha value is -1.12. The number of aromatic nitrogens is 1. The van der Waals surface area contributed by atoms with Gasteiger partial charge in [0, 0.05) is 11.8 Å². The molecule has 0 saturated heterocycles. The van der Waals surface area contributed by atoms with Crippen LogP contribution in [-0.2, 0) is 0 Å². The topological polar surface area (TPSA) is 22.1 Å². The molecule has 1 heterocycles. The first-order valence-corrected chi connectivity index (χ1v) is 2.90. The van der Waals surface area contributed by atoms with Crippen molar-refractivity contribution in [3.8, 4) is 5.75 Å². The molecule has 3 heteroatoms. The maximum absolute atomic E-state index is 12.7. The van der Waals surface area contributed by atoms with Crippen LogP contribution >= 0.6 is 0 Å². The van der Waals surface area contributed by atoms with Gasteiger partial charge < -0.3 is 4.74 Å². The number of rotatable bonds is 1. The average molecular weight is 141 g/mol. The Morgan fingerprint density at radius 2 is 2.20 bits per heavy atom. The number of halogens is 1. The van der Waals surface area contributed by atoms with Crippen molar-refractivity contribution in [2.45, 2.75) is 6.92 Å². The molecule has 0 unspecified atom stereocenters. The summed E-state index contributed by atoms with van der Waals surface area (Å²) in [7, 11) is 1.44. The monoisotopic (exact) mass is 141 g/mol. The summed E-state index contributed by atoms with van der Waals surface area (Å²) in [5.41, 5.74) is 0.711. The van der Waals surface area contributed by atoms with Gasteiger partial charge in [0.05, 0.1) is 13.3 Å². The van der Waals surface area contributed by atoms with Gasteiger partial charge in [0.25, 0.3) is 0 Å². The number of ether oxygens (including phenoxy) is 1. The SMILES string of the molecule is COc1c(C)cncc1F. The Morgan fingerprint density at radius 1 is 1.50 bits per heavy atom. The van der Waals surface area contributed by atoms with Crippen molar-refractivity contribution in [1.29, 1.82) is 0 Å². The molecule has 0 radical (unpaired) electrons. The molecular weight excluding hydrogens is 133 g/mol. The zero-order valence-corrected chi connectivity index (χ0v) is 5.89. The van der Waals surface area contributed by atoms with Crippen molar-refractivity contribution in [2.24, 2.45) is 0 Å². The van der Waals surface area contributed by atoms with Crippen LogP contribution in [0.1, 0.15) is 5.56 Å². The fourth-order valence-corrected chi connectivity index (χ4v) is 0.779. The predicted octanol–water partition coefficient (Wildman–Crippen LogP) is 1.54. The van der Waals surface area contributed by atoms with Gasteiger partial charge in [-0.05, 0) is 6.92 Å². The highest BCUT2D eigenvalue weighted by molar-refractivity contribution is 5.29. The molecule has 0 aliphatic rings. The lowest BCUT2D eigenvalue weighted by atomic mass is 10.3. The second-order valence-corrected chi connectivity index (χ2v) is 1.97. The van der Waals surface area contributed by atoms with E-state index in [-0.39, 0.29) is 5.75 Å². The number of hydrogen-bond acceptors (Lipinski definition) is 2. The molecule has 0 aromatic carbocycles. The van der Waals surface area contributed by atoms with E-state index >= 15 is 0 Å². The Labute approximate surface area is 58.7 Å². The van der Waals surface area contributed by atoms with E-state index in [1.807, 2.05) is 0 Å². The zero-order valence-electron chi connectivity index (χ0n) is 5.89. The summed E-state index contributed by atoms with van der Waals surface area (Å²) in [5, 5.41) is 0. The van der Waals surface area contributed by atoms with Gasteiger partial charge >= 0.3 is 0 Å². The molecule has 1 rings (SSSR count). The lowest BCUT2D eigenvalue weighted by Crippen LogP contribution is -1.91. The van der Waals surface area contributed by atoms with E-state index in [9.17, 15) is 4.39 Å². The van der Waals surface area contributed by atoms with Crippen molar-refractivity contribution in [1.82, 2.24) is 4.98 Å². The summed E-state index contributed by atoms with van der Waals surface area (Å²) in [6.45, 7) is 1.74. The van der Waals surface area contributed by atoms with E-state index in [4.69, 9.17) is 4.74 Å². The number of pyridine rings is 1.